The standard InChI is InChI=1S/C20H19N3O2S/c1-15-5-2-8-19-21-16(11-20(24)23(15)19)12-22(13-17-6-3-9-25-17)14-18-7-4-10-26-18/h2-11H,12-14H2,1H3/p+1. The monoisotopic (exact) mass is 366 g/mol. The average molecular weight is 366 g/mol. The van der Waals surface area contributed by atoms with Gasteiger partial charge in [-0.05, 0) is 42.6 Å². The lowest BCUT2D eigenvalue weighted by Crippen LogP contribution is -3.08. The topological polar surface area (TPSA) is 52.0 Å². The van der Waals surface area contributed by atoms with Gasteiger partial charge in [0.25, 0.3) is 5.56 Å². The zero-order chi connectivity index (χ0) is 17.9. The van der Waals surface area contributed by atoms with Crippen LogP contribution in [0.3, 0.4) is 0 Å². The molecule has 0 fully saturated rings. The van der Waals surface area contributed by atoms with E-state index in [9.17, 15) is 4.79 Å². The van der Waals surface area contributed by atoms with Crippen LogP contribution in [0, 0.1) is 6.92 Å². The second-order valence-electron chi connectivity index (χ2n) is 6.39. The lowest BCUT2D eigenvalue weighted by atomic mass is 10.3. The molecule has 0 radical (unpaired) electrons. The summed E-state index contributed by atoms with van der Waals surface area (Å²) >= 11 is 1.74. The molecular formula is C20H20N3O2S+. The molecule has 4 heterocycles. The third kappa shape index (κ3) is 3.61. The highest BCUT2D eigenvalue weighted by molar-refractivity contribution is 7.09. The van der Waals surface area contributed by atoms with Crippen LogP contribution in [0.4, 0.5) is 0 Å². The molecule has 0 amide bonds. The Kier molecular flexibility index (Phi) is 4.69. The second kappa shape index (κ2) is 7.27. The molecule has 4 rings (SSSR count). The maximum absolute atomic E-state index is 12.5. The van der Waals surface area contributed by atoms with Crippen molar-refractivity contribution in [3.8, 4) is 0 Å². The quantitative estimate of drug-likeness (QED) is 0.570. The molecule has 132 valence electrons. The number of pyridine rings is 1. The molecule has 0 bridgehead atoms. The van der Waals surface area contributed by atoms with Crippen LogP contribution in [0.25, 0.3) is 5.65 Å². The van der Waals surface area contributed by atoms with Gasteiger partial charge in [-0.3, -0.25) is 9.20 Å². The van der Waals surface area contributed by atoms with Crippen LogP contribution in [0.1, 0.15) is 22.0 Å². The molecule has 5 nitrogen and oxygen atoms in total. The molecule has 1 N–H and O–H groups in total. The first-order valence-corrected chi connectivity index (χ1v) is 9.43. The fourth-order valence-electron chi connectivity index (χ4n) is 3.22. The highest BCUT2D eigenvalue weighted by Gasteiger charge is 2.16. The van der Waals surface area contributed by atoms with Gasteiger partial charge in [0.2, 0.25) is 0 Å². The zero-order valence-corrected chi connectivity index (χ0v) is 15.3. The summed E-state index contributed by atoms with van der Waals surface area (Å²) in [6.07, 6.45) is 1.70. The van der Waals surface area contributed by atoms with Crippen LogP contribution < -0.4 is 10.5 Å². The van der Waals surface area contributed by atoms with Crippen LogP contribution in [0.5, 0.6) is 0 Å². The van der Waals surface area contributed by atoms with E-state index in [2.05, 4.69) is 17.5 Å². The Morgan fingerprint density at radius 1 is 1.12 bits per heavy atom. The van der Waals surface area contributed by atoms with Crippen molar-refractivity contribution >= 4 is 17.0 Å². The molecule has 1 unspecified atom stereocenters. The predicted molar refractivity (Wildman–Crippen MR) is 101 cm³/mol. The number of aryl methyl sites for hydroxylation is 1. The van der Waals surface area contributed by atoms with Crippen LogP contribution in [-0.4, -0.2) is 9.38 Å². The van der Waals surface area contributed by atoms with E-state index in [0.717, 1.165) is 30.2 Å². The van der Waals surface area contributed by atoms with Crippen molar-refractivity contribution < 1.29 is 9.32 Å². The number of hydrogen-bond donors (Lipinski definition) is 1. The van der Waals surface area contributed by atoms with Gasteiger partial charge in [-0.1, -0.05) is 12.1 Å². The van der Waals surface area contributed by atoms with Crippen LogP contribution in [-0.2, 0) is 19.6 Å². The van der Waals surface area contributed by atoms with Crippen LogP contribution >= 0.6 is 11.3 Å². The Labute approximate surface area is 155 Å². The SMILES string of the molecule is Cc1cccc2nc(C[NH+](Cc3ccco3)Cc3cccs3)cc(=O)n12. The molecular weight excluding hydrogens is 346 g/mol. The number of nitrogens with zero attached hydrogens (tertiary/aromatic N) is 2. The number of thiophene rings is 1. The lowest BCUT2D eigenvalue weighted by molar-refractivity contribution is -0.942. The van der Waals surface area contributed by atoms with Crippen molar-refractivity contribution in [2.24, 2.45) is 0 Å². The average Bonchev–Trinajstić information content (AvgIpc) is 3.28. The van der Waals surface area contributed by atoms with E-state index in [1.54, 1.807) is 28.1 Å². The first-order chi connectivity index (χ1) is 12.7. The van der Waals surface area contributed by atoms with E-state index in [1.165, 1.54) is 9.78 Å². The van der Waals surface area contributed by atoms with E-state index in [-0.39, 0.29) is 5.56 Å². The molecule has 0 aromatic carbocycles. The zero-order valence-electron chi connectivity index (χ0n) is 14.5. The Morgan fingerprint density at radius 2 is 2.04 bits per heavy atom. The number of nitrogens with one attached hydrogen (secondary N) is 1. The number of aromatic nitrogens is 2. The Morgan fingerprint density at radius 3 is 2.81 bits per heavy atom. The van der Waals surface area contributed by atoms with E-state index in [0.29, 0.717) is 12.2 Å². The first-order valence-electron chi connectivity index (χ1n) is 8.56. The second-order valence-corrected chi connectivity index (χ2v) is 7.42. The minimum absolute atomic E-state index is 0.0310. The molecule has 0 saturated heterocycles. The summed E-state index contributed by atoms with van der Waals surface area (Å²) in [6.45, 7) is 4.20. The minimum Gasteiger partial charge on any atom is -0.463 e. The molecule has 0 aliphatic rings. The van der Waals surface area contributed by atoms with E-state index >= 15 is 0 Å². The molecule has 4 aromatic heterocycles. The summed E-state index contributed by atoms with van der Waals surface area (Å²) < 4.78 is 7.17. The van der Waals surface area contributed by atoms with E-state index in [1.807, 2.05) is 37.3 Å². The lowest BCUT2D eigenvalue weighted by Gasteiger charge is -2.17. The Bertz CT molecular complexity index is 1020. The van der Waals surface area contributed by atoms with Crippen molar-refractivity contribution in [3.63, 3.8) is 0 Å². The highest BCUT2D eigenvalue weighted by atomic mass is 32.1. The number of fused-ring (bicyclic) bond motifs is 1. The van der Waals surface area contributed by atoms with Gasteiger partial charge in [0, 0.05) is 11.8 Å². The fraction of sp³-hybridized carbons (Fsp3) is 0.200. The minimum atomic E-state index is -0.0310. The Hall–Kier alpha value is -2.70. The van der Waals surface area contributed by atoms with Gasteiger partial charge < -0.3 is 9.32 Å². The molecule has 0 spiro atoms. The summed E-state index contributed by atoms with van der Waals surface area (Å²) in [5.41, 5.74) is 2.36. The van der Waals surface area contributed by atoms with Crippen molar-refractivity contribution in [2.75, 3.05) is 0 Å². The molecule has 6 heteroatoms. The fourth-order valence-corrected chi connectivity index (χ4v) is 3.99. The van der Waals surface area contributed by atoms with Gasteiger partial charge in [0.15, 0.2) is 5.76 Å². The summed E-state index contributed by atoms with van der Waals surface area (Å²) in [6, 6.07) is 15.5. The third-order valence-corrected chi connectivity index (χ3v) is 5.25. The van der Waals surface area contributed by atoms with E-state index < -0.39 is 0 Å². The van der Waals surface area contributed by atoms with Crippen molar-refractivity contribution in [1.82, 2.24) is 9.38 Å². The van der Waals surface area contributed by atoms with E-state index in [4.69, 9.17) is 9.40 Å². The molecule has 0 aliphatic carbocycles. The summed E-state index contributed by atoms with van der Waals surface area (Å²) in [7, 11) is 0. The van der Waals surface area contributed by atoms with Crippen molar-refractivity contribution in [1.29, 1.82) is 0 Å². The maximum Gasteiger partial charge on any atom is 0.258 e. The molecule has 4 aromatic rings. The number of furan rings is 1. The van der Waals surface area contributed by atoms with Gasteiger partial charge in [-0.25, -0.2) is 4.98 Å². The van der Waals surface area contributed by atoms with Gasteiger partial charge in [0.05, 0.1) is 11.1 Å². The smallest absolute Gasteiger partial charge is 0.258 e. The number of rotatable bonds is 6. The van der Waals surface area contributed by atoms with Crippen LogP contribution in [0.2, 0.25) is 0 Å². The normalized spacial score (nSPS) is 12.5. The van der Waals surface area contributed by atoms with Crippen LogP contribution in [0.15, 0.2) is 69.4 Å². The molecule has 26 heavy (non-hydrogen) atoms. The Balaban J connectivity index is 1.64. The van der Waals surface area contributed by atoms with Gasteiger partial charge >= 0.3 is 0 Å². The summed E-state index contributed by atoms with van der Waals surface area (Å²) in [5, 5.41) is 2.09. The first kappa shape index (κ1) is 16.8. The van der Waals surface area contributed by atoms with Crippen molar-refractivity contribution in [3.05, 3.63) is 92.6 Å². The van der Waals surface area contributed by atoms with Gasteiger partial charge in [-0.15, -0.1) is 11.3 Å². The van der Waals surface area contributed by atoms with Gasteiger partial charge in [-0.2, -0.15) is 0 Å². The van der Waals surface area contributed by atoms with Gasteiger partial charge in [0.1, 0.15) is 31.0 Å². The molecule has 0 saturated carbocycles. The molecule has 1 atom stereocenters. The predicted octanol–water partition coefficient (Wildman–Crippen LogP) is 2.44. The number of quaternary nitrogens is 1. The highest BCUT2D eigenvalue weighted by Crippen LogP contribution is 2.08. The molecule has 0 aliphatic heterocycles. The van der Waals surface area contributed by atoms with Crippen molar-refractivity contribution in [2.45, 2.75) is 26.6 Å². The summed E-state index contributed by atoms with van der Waals surface area (Å²) in [5.74, 6) is 0.935. The summed E-state index contributed by atoms with van der Waals surface area (Å²) in [4.78, 5) is 19.8. The third-order valence-electron chi connectivity index (χ3n) is 4.37. The maximum atomic E-state index is 12.5. The largest absolute Gasteiger partial charge is 0.463 e. The number of hydrogen-bond acceptors (Lipinski definition) is 4.